The summed E-state index contributed by atoms with van der Waals surface area (Å²) in [6, 6.07) is 14.1. The van der Waals surface area contributed by atoms with Crippen LogP contribution in [0.4, 0.5) is 0 Å². The lowest BCUT2D eigenvalue weighted by Gasteiger charge is -2.17. The van der Waals surface area contributed by atoms with Crippen molar-refractivity contribution in [2.24, 2.45) is 5.73 Å². The van der Waals surface area contributed by atoms with Crippen molar-refractivity contribution in [3.63, 3.8) is 0 Å². The number of hydrogen-bond donors (Lipinski definition) is 1. The average Bonchev–Trinajstić information content (AvgIpc) is 2.38. The highest BCUT2D eigenvalue weighted by molar-refractivity contribution is 8.00. The Morgan fingerprint density at radius 1 is 1.00 bits per heavy atom. The molecule has 100 valence electrons. The van der Waals surface area contributed by atoms with Crippen LogP contribution < -0.4 is 5.73 Å². The number of thioether (sulfide) groups is 1. The molecule has 0 amide bonds. The molecule has 0 spiro atoms. The fraction of sp³-hybridized carbons (Fsp3) is 0.312. The molecule has 1 atom stereocenters. The zero-order valence-corrected chi connectivity index (χ0v) is 12.4. The summed E-state index contributed by atoms with van der Waals surface area (Å²) >= 11 is 1.77. The molecule has 2 nitrogen and oxygen atoms in total. The van der Waals surface area contributed by atoms with Gasteiger partial charge in [-0.25, -0.2) is 4.98 Å². The monoisotopic (exact) mass is 272 g/mol. The minimum absolute atomic E-state index is 0.109. The van der Waals surface area contributed by atoms with E-state index in [0.29, 0.717) is 0 Å². The van der Waals surface area contributed by atoms with Gasteiger partial charge in [-0.2, -0.15) is 0 Å². The van der Waals surface area contributed by atoms with Crippen LogP contribution in [-0.2, 0) is 0 Å². The highest BCUT2D eigenvalue weighted by atomic mass is 32.2. The highest BCUT2D eigenvalue weighted by Crippen LogP contribution is 2.30. The second-order valence-electron chi connectivity index (χ2n) is 5.53. The van der Waals surface area contributed by atoms with Crippen LogP contribution in [0.2, 0.25) is 0 Å². The van der Waals surface area contributed by atoms with Gasteiger partial charge in [0, 0.05) is 10.9 Å². The van der Waals surface area contributed by atoms with Gasteiger partial charge in [0.1, 0.15) is 0 Å². The number of hydrogen-bond acceptors (Lipinski definition) is 3. The normalized spacial score (nSPS) is 13.3. The van der Waals surface area contributed by atoms with Crippen LogP contribution in [0.15, 0.2) is 53.7 Å². The van der Waals surface area contributed by atoms with Crippen LogP contribution in [0, 0.1) is 0 Å². The summed E-state index contributed by atoms with van der Waals surface area (Å²) < 4.78 is 0.177. The largest absolute Gasteiger partial charge is 0.320 e. The Kier molecular flexibility index (Phi) is 4.27. The molecule has 1 aromatic carbocycles. The Hall–Kier alpha value is -1.32. The molecule has 1 aromatic heterocycles. The minimum atomic E-state index is -0.109. The number of nitrogens with zero attached hydrogens (tertiary/aromatic N) is 1. The molecule has 0 bridgehead atoms. The summed E-state index contributed by atoms with van der Waals surface area (Å²) in [5.74, 6) is 0. The standard InChI is InChI=1S/C16H20N2S/c1-16(2,3)19-14-10-9-13(11-18-14)15(17)12-7-5-4-6-8-12/h4-11,15H,17H2,1-3H3. The van der Waals surface area contributed by atoms with E-state index in [1.165, 1.54) is 0 Å². The van der Waals surface area contributed by atoms with Crippen LogP contribution in [0.1, 0.15) is 37.9 Å². The van der Waals surface area contributed by atoms with Crippen LogP contribution in [0.5, 0.6) is 0 Å². The summed E-state index contributed by atoms with van der Waals surface area (Å²) in [5.41, 5.74) is 8.40. The minimum Gasteiger partial charge on any atom is -0.320 e. The molecule has 1 heterocycles. The quantitative estimate of drug-likeness (QED) is 0.858. The van der Waals surface area contributed by atoms with Crippen LogP contribution in [0.25, 0.3) is 0 Å². The first-order valence-corrected chi connectivity index (χ1v) is 7.23. The molecular formula is C16H20N2S. The highest BCUT2D eigenvalue weighted by Gasteiger charge is 2.14. The summed E-state index contributed by atoms with van der Waals surface area (Å²) in [7, 11) is 0. The van der Waals surface area contributed by atoms with Gasteiger partial charge in [0.2, 0.25) is 0 Å². The summed E-state index contributed by atoms with van der Waals surface area (Å²) in [6.45, 7) is 6.55. The van der Waals surface area contributed by atoms with Gasteiger partial charge >= 0.3 is 0 Å². The van der Waals surface area contributed by atoms with E-state index in [1.54, 1.807) is 11.8 Å². The van der Waals surface area contributed by atoms with E-state index in [4.69, 9.17) is 5.73 Å². The maximum absolute atomic E-state index is 6.25. The molecule has 2 N–H and O–H groups in total. The van der Waals surface area contributed by atoms with Crippen LogP contribution >= 0.6 is 11.8 Å². The number of rotatable bonds is 3. The lowest BCUT2D eigenvalue weighted by Crippen LogP contribution is -2.12. The van der Waals surface area contributed by atoms with Gasteiger partial charge in [0.05, 0.1) is 11.1 Å². The lowest BCUT2D eigenvalue weighted by atomic mass is 10.0. The summed E-state index contributed by atoms with van der Waals surface area (Å²) in [6.07, 6.45) is 1.88. The molecule has 0 saturated heterocycles. The molecule has 0 fully saturated rings. The molecule has 0 saturated carbocycles. The average molecular weight is 272 g/mol. The SMILES string of the molecule is CC(C)(C)Sc1ccc(C(N)c2ccccc2)cn1. The molecule has 3 heteroatoms. The van der Waals surface area contributed by atoms with Crippen molar-refractivity contribution in [2.45, 2.75) is 36.6 Å². The number of nitrogens with two attached hydrogens (primary N) is 1. The topological polar surface area (TPSA) is 38.9 Å². The van der Waals surface area contributed by atoms with E-state index in [2.05, 4.69) is 31.8 Å². The maximum Gasteiger partial charge on any atom is 0.0965 e. The van der Waals surface area contributed by atoms with Gasteiger partial charge in [-0.15, -0.1) is 11.8 Å². The van der Waals surface area contributed by atoms with E-state index in [-0.39, 0.29) is 10.8 Å². The summed E-state index contributed by atoms with van der Waals surface area (Å²) in [5, 5.41) is 1.04. The van der Waals surface area contributed by atoms with Gasteiger partial charge in [-0.05, 0) is 17.2 Å². The van der Waals surface area contributed by atoms with Gasteiger partial charge in [-0.3, -0.25) is 0 Å². The smallest absolute Gasteiger partial charge is 0.0965 e. The van der Waals surface area contributed by atoms with Crippen molar-refractivity contribution in [3.05, 3.63) is 59.8 Å². The molecule has 2 aromatic rings. The third kappa shape index (κ3) is 4.08. The van der Waals surface area contributed by atoms with Crippen molar-refractivity contribution < 1.29 is 0 Å². The van der Waals surface area contributed by atoms with Gasteiger partial charge < -0.3 is 5.73 Å². The zero-order valence-electron chi connectivity index (χ0n) is 11.6. The molecule has 0 aliphatic rings. The van der Waals surface area contributed by atoms with Gasteiger partial charge in [0.25, 0.3) is 0 Å². The van der Waals surface area contributed by atoms with E-state index in [1.807, 2.05) is 42.6 Å². The fourth-order valence-corrected chi connectivity index (χ4v) is 2.67. The van der Waals surface area contributed by atoms with Gasteiger partial charge in [0.15, 0.2) is 0 Å². The third-order valence-electron chi connectivity index (χ3n) is 2.69. The predicted molar refractivity (Wildman–Crippen MR) is 82.3 cm³/mol. The summed E-state index contributed by atoms with van der Waals surface area (Å²) in [4.78, 5) is 4.49. The Balaban J connectivity index is 2.15. The number of pyridine rings is 1. The molecule has 19 heavy (non-hydrogen) atoms. The van der Waals surface area contributed by atoms with E-state index in [9.17, 15) is 0 Å². The third-order valence-corrected chi connectivity index (χ3v) is 3.75. The lowest BCUT2D eigenvalue weighted by molar-refractivity contribution is 0.797. The molecule has 0 aliphatic heterocycles. The van der Waals surface area contributed by atoms with Gasteiger partial charge in [-0.1, -0.05) is 57.2 Å². The predicted octanol–water partition coefficient (Wildman–Crippen LogP) is 4.02. The Bertz CT molecular complexity index is 515. The van der Waals surface area contributed by atoms with E-state index in [0.717, 1.165) is 16.2 Å². The first-order valence-electron chi connectivity index (χ1n) is 6.41. The fourth-order valence-electron chi connectivity index (χ4n) is 1.80. The molecule has 1 unspecified atom stereocenters. The molecule has 2 rings (SSSR count). The van der Waals surface area contributed by atoms with Crippen LogP contribution in [-0.4, -0.2) is 9.73 Å². The van der Waals surface area contributed by atoms with Crippen molar-refractivity contribution >= 4 is 11.8 Å². The van der Waals surface area contributed by atoms with Crippen molar-refractivity contribution in [1.82, 2.24) is 4.98 Å². The zero-order chi connectivity index (χ0) is 13.9. The maximum atomic E-state index is 6.25. The molecule has 0 radical (unpaired) electrons. The van der Waals surface area contributed by atoms with Crippen LogP contribution in [0.3, 0.4) is 0 Å². The Labute approximate surface area is 119 Å². The first-order chi connectivity index (χ1) is 8.96. The second-order valence-corrected chi connectivity index (χ2v) is 7.38. The Morgan fingerprint density at radius 3 is 2.21 bits per heavy atom. The Morgan fingerprint density at radius 2 is 1.68 bits per heavy atom. The number of benzene rings is 1. The van der Waals surface area contributed by atoms with Crippen molar-refractivity contribution in [1.29, 1.82) is 0 Å². The second kappa shape index (κ2) is 5.76. The number of aromatic nitrogens is 1. The van der Waals surface area contributed by atoms with E-state index >= 15 is 0 Å². The first kappa shape index (κ1) is 14.1. The van der Waals surface area contributed by atoms with Crippen molar-refractivity contribution in [3.8, 4) is 0 Å². The van der Waals surface area contributed by atoms with Crippen molar-refractivity contribution in [2.75, 3.05) is 0 Å². The molecular weight excluding hydrogens is 252 g/mol. The molecule has 0 aliphatic carbocycles. The van der Waals surface area contributed by atoms with E-state index < -0.39 is 0 Å².